The molecule has 2 heterocycles. The summed E-state index contributed by atoms with van der Waals surface area (Å²) in [6, 6.07) is 12.6. The first-order chi connectivity index (χ1) is 12.7. The number of β-amino-alcohol motifs (C(OH)–C–C–N with tert-alkyl or cyclic N) is 1. The number of nitrogens with one attached hydrogen (secondary N) is 1. The highest BCUT2D eigenvalue weighted by atomic mass is 16.5. The molecule has 0 saturated carbocycles. The third-order valence-corrected chi connectivity index (χ3v) is 4.68. The number of aliphatic hydroxyl groups is 1. The van der Waals surface area contributed by atoms with E-state index in [9.17, 15) is 5.11 Å². The summed E-state index contributed by atoms with van der Waals surface area (Å²) in [4.78, 5) is 11.3. The third-order valence-electron chi connectivity index (χ3n) is 4.68. The molecule has 1 fully saturated rings. The molecule has 1 aliphatic rings. The smallest absolute Gasteiger partial charge is 0.135 e. The highest BCUT2D eigenvalue weighted by Crippen LogP contribution is 2.16. The minimum atomic E-state index is -0.410. The molecule has 1 aromatic heterocycles. The minimum Gasteiger partial charge on any atom is -0.389 e. The van der Waals surface area contributed by atoms with Crippen LogP contribution in [-0.4, -0.2) is 65.5 Å². The van der Waals surface area contributed by atoms with Gasteiger partial charge < -0.3 is 20.1 Å². The maximum atomic E-state index is 9.85. The van der Waals surface area contributed by atoms with Gasteiger partial charge in [0.25, 0.3) is 0 Å². The normalized spacial score (nSPS) is 17.2. The molecule has 1 aliphatic heterocycles. The van der Waals surface area contributed by atoms with E-state index in [4.69, 9.17) is 4.74 Å². The summed E-state index contributed by atoms with van der Waals surface area (Å²) in [5.41, 5.74) is 1.22. The fourth-order valence-electron chi connectivity index (χ4n) is 3.36. The number of piperidine rings is 1. The molecule has 0 aliphatic carbocycles. The van der Waals surface area contributed by atoms with E-state index in [1.807, 2.05) is 30.5 Å². The van der Waals surface area contributed by atoms with Crippen LogP contribution >= 0.6 is 0 Å². The predicted octanol–water partition coefficient (Wildman–Crippen LogP) is 1.95. The molecule has 2 N–H and O–H groups in total. The van der Waals surface area contributed by atoms with E-state index < -0.39 is 6.10 Å². The second-order valence-electron chi connectivity index (χ2n) is 6.85. The van der Waals surface area contributed by atoms with Gasteiger partial charge in [-0.25, -0.2) is 9.97 Å². The monoisotopic (exact) mass is 356 g/mol. The number of benzene rings is 1. The maximum Gasteiger partial charge on any atom is 0.135 e. The largest absolute Gasteiger partial charge is 0.389 e. The van der Waals surface area contributed by atoms with Crippen molar-refractivity contribution in [3.05, 3.63) is 54.0 Å². The Morgan fingerprint density at radius 2 is 2.00 bits per heavy atom. The molecule has 0 radical (unpaired) electrons. The Balaban J connectivity index is 1.48. The number of likely N-dealkylation sites (tertiary alicyclic amines) is 1. The molecule has 1 atom stereocenters. The number of rotatable bonds is 8. The van der Waals surface area contributed by atoms with E-state index in [1.165, 1.54) is 5.56 Å². The predicted molar refractivity (Wildman–Crippen MR) is 102 cm³/mol. The standard InChI is InChI=1S/C20H28N4O2/c1-26-15-18(25)14-24-11-8-17(9-12-24)22-19-7-10-21-20(23-19)13-16-5-3-2-4-6-16/h2-7,10,17-18,25H,8-9,11-15H2,1H3,(H,21,22,23). The SMILES string of the molecule is COCC(O)CN1CCC(Nc2ccnc(Cc3ccccc3)n2)CC1. The molecule has 3 rings (SSSR count). The number of hydrogen-bond donors (Lipinski definition) is 2. The summed E-state index contributed by atoms with van der Waals surface area (Å²) < 4.78 is 5.00. The van der Waals surface area contributed by atoms with Crippen LogP contribution in [-0.2, 0) is 11.2 Å². The van der Waals surface area contributed by atoms with Crippen LogP contribution in [0.2, 0.25) is 0 Å². The summed E-state index contributed by atoms with van der Waals surface area (Å²) >= 11 is 0. The van der Waals surface area contributed by atoms with Gasteiger partial charge in [-0.2, -0.15) is 0 Å². The van der Waals surface area contributed by atoms with Crippen LogP contribution in [0.5, 0.6) is 0 Å². The van der Waals surface area contributed by atoms with Crippen molar-refractivity contribution < 1.29 is 9.84 Å². The molecule has 1 aromatic carbocycles. The van der Waals surface area contributed by atoms with E-state index in [2.05, 4.69) is 32.3 Å². The van der Waals surface area contributed by atoms with Crippen molar-refractivity contribution in [2.45, 2.75) is 31.4 Å². The van der Waals surface area contributed by atoms with Gasteiger partial charge in [0.2, 0.25) is 0 Å². The van der Waals surface area contributed by atoms with Crippen LogP contribution in [0.4, 0.5) is 5.82 Å². The van der Waals surface area contributed by atoms with Crippen molar-refractivity contribution in [3.63, 3.8) is 0 Å². The van der Waals surface area contributed by atoms with E-state index in [-0.39, 0.29) is 0 Å². The van der Waals surface area contributed by atoms with E-state index in [0.29, 0.717) is 19.2 Å². The van der Waals surface area contributed by atoms with Crippen LogP contribution in [0, 0.1) is 0 Å². The molecule has 140 valence electrons. The minimum absolute atomic E-state index is 0.392. The van der Waals surface area contributed by atoms with E-state index in [0.717, 1.165) is 44.0 Å². The zero-order chi connectivity index (χ0) is 18.2. The summed E-state index contributed by atoms with van der Waals surface area (Å²) in [5, 5.41) is 13.4. The number of anilines is 1. The van der Waals surface area contributed by atoms with Gasteiger partial charge in [0.15, 0.2) is 0 Å². The number of aliphatic hydroxyl groups excluding tert-OH is 1. The Morgan fingerprint density at radius 3 is 2.73 bits per heavy atom. The molecule has 0 bridgehead atoms. The number of hydrogen-bond acceptors (Lipinski definition) is 6. The maximum absolute atomic E-state index is 9.85. The lowest BCUT2D eigenvalue weighted by molar-refractivity contribution is 0.0327. The molecule has 0 amide bonds. The summed E-state index contributed by atoms with van der Waals surface area (Å²) in [6.45, 7) is 3.01. The zero-order valence-electron chi connectivity index (χ0n) is 15.3. The summed E-state index contributed by atoms with van der Waals surface area (Å²) in [7, 11) is 1.62. The van der Waals surface area contributed by atoms with Crippen molar-refractivity contribution in [1.82, 2.24) is 14.9 Å². The molecule has 1 saturated heterocycles. The van der Waals surface area contributed by atoms with Gasteiger partial charge in [0.05, 0.1) is 12.7 Å². The lowest BCUT2D eigenvalue weighted by atomic mass is 10.0. The van der Waals surface area contributed by atoms with Crippen molar-refractivity contribution >= 4 is 5.82 Å². The second kappa shape index (κ2) is 9.62. The second-order valence-corrected chi connectivity index (χ2v) is 6.85. The van der Waals surface area contributed by atoms with Crippen LogP contribution in [0.15, 0.2) is 42.6 Å². The molecular formula is C20H28N4O2. The molecule has 2 aromatic rings. The molecule has 1 unspecified atom stereocenters. The lowest BCUT2D eigenvalue weighted by Crippen LogP contribution is -2.43. The van der Waals surface area contributed by atoms with Crippen LogP contribution < -0.4 is 5.32 Å². The Kier molecular flexibility index (Phi) is 6.94. The zero-order valence-corrected chi connectivity index (χ0v) is 15.3. The topological polar surface area (TPSA) is 70.5 Å². The first-order valence-corrected chi connectivity index (χ1v) is 9.24. The summed E-state index contributed by atoms with van der Waals surface area (Å²) in [6.07, 6.45) is 4.23. The summed E-state index contributed by atoms with van der Waals surface area (Å²) in [5.74, 6) is 1.73. The van der Waals surface area contributed by atoms with Crippen LogP contribution in [0.3, 0.4) is 0 Å². The fraction of sp³-hybridized carbons (Fsp3) is 0.500. The first-order valence-electron chi connectivity index (χ1n) is 9.24. The Labute approximate surface area is 155 Å². The van der Waals surface area contributed by atoms with Crippen molar-refractivity contribution in [2.24, 2.45) is 0 Å². The lowest BCUT2D eigenvalue weighted by Gasteiger charge is -2.33. The molecule has 0 spiro atoms. The molecule has 26 heavy (non-hydrogen) atoms. The molecule has 6 nitrogen and oxygen atoms in total. The van der Waals surface area contributed by atoms with E-state index in [1.54, 1.807) is 7.11 Å². The van der Waals surface area contributed by atoms with Crippen LogP contribution in [0.25, 0.3) is 0 Å². The van der Waals surface area contributed by atoms with Crippen LogP contribution in [0.1, 0.15) is 24.2 Å². The van der Waals surface area contributed by atoms with Gasteiger partial charge in [-0.1, -0.05) is 30.3 Å². The molecule has 6 heteroatoms. The average molecular weight is 356 g/mol. The highest BCUT2D eigenvalue weighted by Gasteiger charge is 2.21. The van der Waals surface area contributed by atoms with Gasteiger partial charge >= 0.3 is 0 Å². The number of aromatic nitrogens is 2. The van der Waals surface area contributed by atoms with E-state index >= 15 is 0 Å². The molecular weight excluding hydrogens is 328 g/mol. The van der Waals surface area contributed by atoms with Gasteiger partial charge in [-0.3, -0.25) is 0 Å². The number of ether oxygens (including phenoxy) is 1. The average Bonchev–Trinajstić information content (AvgIpc) is 2.65. The first kappa shape index (κ1) is 18.8. The van der Waals surface area contributed by atoms with Crippen molar-refractivity contribution in [2.75, 3.05) is 38.7 Å². The Bertz CT molecular complexity index is 660. The highest BCUT2D eigenvalue weighted by molar-refractivity contribution is 5.35. The van der Waals surface area contributed by atoms with Gasteiger partial charge in [-0.05, 0) is 24.5 Å². The van der Waals surface area contributed by atoms with Gasteiger partial charge in [-0.15, -0.1) is 0 Å². The van der Waals surface area contributed by atoms with Gasteiger partial charge in [0, 0.05) is 45.4 Å². The number of methoxy groups -OCH3 is 1. The Hall–Kier alpha value is -2.02. The number of nitrogens with zero attached hydrogens (tertiary/aromatic N) is 3. The van der Waals surface area contributed by atoms with Crippen molar-refractivity contribution in [1.29, 1.82) is 0 Å². The third kappa shape index (κ3) is 5.76. The van der Waals surface area contributed by atoms with Crippen molar-refractivity contribution in [3.8, 4) is 0 Å². The quantitative estimate of drug-likeness (QED) is 0.753. The fourth-order valence-corrected chi connectivity index (χ4v) is 3.36. The Morgan fingerprint density at radius 1 is 1.23 bits per heavy atom. The van der Waals surface area contributed by atoms with Gasteiger partial charge in [0.1, 0.15) is 11.6 Å².